The summed E-state index contributed by atoms with van der Waals surface area (Å²) in [5, 5.41) is 44.9. The second kappa shape index (κ2) is 20.3. The van der Waals surface area contributed by atoms with Crippen LogP contribution in [0, 0.1) is 5.41 Å². The van der Waals surface area contributed by atoms with Gasteiger partial charge in [0, 0.05) is 36.7 Å². The van der Waals surface area contributed by atoms with Crippen LogP contribution >= 0.6 is 35.2 Å². The number of nitrogens with two attached hydrogens (primary N) is 1. The molecule has 4 rings (SSSR count). The number of nitrogens with one attached hydrogen (secondary N) is 2. The van der Waals surface area contributed by atoms with E-state index in [0.717, 1.165) is 35.0 Å². The number of amides is 2. The van der Waals surface area contributed by atoms with E-state index in [-0.39, 0.29) is 58.9 Å². The first-order chi connectivity index (χ1) is 27.9. The number of phosphoric acid groups is 3. The van der Waals surface area contributed by atoms with Gasteiger partial charge in [-0.2, -0.15) is 4.31 Å². The Balaban J connectivity index is 1.20. The van der Waals surface area contributed by atoms with E-state index in [1.54, 1.807) is 0 Å². The molecule has 7 atom stereocenters. The fourth-order valence-electron chi connectivity index (χ4n) is 5.21. The first-order valence-electron chi connectivity index (χ1n) is 17.1. The molecule has 1 aliphatic heterocycles. The van der Waals surface area contributed by atoms with E-state index in [1.807, 2.05) is 0 Å². The molecule has 2 unspecified atom stereocenters. The van der Waals surface area contributed by atoms with E-state index in [4.69, 9.17) is 19.5 Å². The van der Waals surface area contributed by atoms with Crippen LogP contribution in [-0.2, 0) is 50.7 Å². The molecule has 1 fully saturated rings. The van der Waals surface area contributed by atoms with Gasteiger partial charge in [-0.15, -0.1) is 0 Å². The van der Waals surface area contributed by atoms with Crippen molar-refractivity contribution >= 4 is 75.2 Å². The van der Waals surface area contributed by atoms with E-state index < -0.39 is 84.6 Å². The van der Waals surface area contributed by atoms with Gasteiger partial charge in [-0.1, -0.05) is 31.7 Å². The van der Waals surface area contributed by atoms with Gasteiger partial charge in [0.1, 0.15) is 47.8 Å². The molecule has 2 aromatic heterocycles. The molecule has 26 nitrogen and oxygen atoms in total. The molecule has 0 saturated carbocycles. The highest BCUT2D eigenvalue weighted by Gasteiger charge is 2.50. The maximum atomic E-state index is 12.7. The van der Waals surface area contributed by atoms with Crippen molar-refractivity contribution in [3.05, 3.63) is 42.5 Å². The standard InChI is InChI=1S/C30H42N7O19P3S/c1-30(2,25(43)28(44)33-6-5-20(40)32-7-8-60-21(41)4-3-16-9-17(38)11-18(39)10-16)13-53-59(50,51)56-58(48,49)52-12-19-24(55-57(45,46)47)23(42)29(54-19)37-15-36-22-26(31)34-14-35-27(22)37/h3-4,9-11,14-15,19,23-25,29,38-39,42-43H,5-8,12-13H2,1-2H3,(H,32,40)(H,33,44)(H,48,49)(H,50,51)(H2,31,34,35)(H2,45,46,47)/b4-3+/t19-,23-,24-,25+,29-/m1/s1. The zero-order valence-corrected chi connectivity index (χ0v) is 34.9. The summed E-state index contributed by atoms with van der Waals surface area (Å²) in [4.78, 5) is 87.8. The lowest BCUT2D eigenvalue weighted by Gasteiger charge is -2.30. The molecule has 30 heteroatoms. The maximum absolute atomic E-state index is 12.7. The molecule has 3 aromatic rings. The van der Waals surface area contributed by atoms with Gasteiger partial charge < -0.3 is 61.1 Å². The number of carbonyl (C=O) groups is 3. The minimum Gasteiger partial charge on any atom is -0.508 e. The number of phenolic OH excluding ortho intramolecular Hbond substituents is 2. The summed E-state index contributed by atoms with van der Waals surface area (Å²) in [6.45, 7) is 0.232. The quantitative estimate of drug-likeness (QED) is 0.0374. The predicted molar refractivity (Wildman–Crippen MR) is 206 cm³/mol. The number of phosphoric ester groups is 3. The number of nitrogens with zero attached hydrogens (tertiary/aromatic N) is 4. The number of imidazole rings is 1. The van der Waals surface area contributed by atoms with Gasteiger partial charge in [0.25, 0.3) is 0 Å². The number of hydrogen-bond donors (Lipinski definition) is 11. The molecule has 1 aromatic carbocycles. The Labute approximate surface area is 343 Å². The summed E-state index contributed by atoms with van der Waals surface area (Å²) in [5.41, 5.74) is 4.60. The highest BCUT2D eigenvalue weighted by Crippen LogP contribution is 2.61. The summed E-state index contributed by atoms with van der Waals surface area (Å²) in [5.74, 6) is -1.74. The van der Waals surface area contributed by atoms with Crippen molar-refractivity contribution < 1.29 is 90.7 Å². The fourth-order valence-corrected chi connectivity index (χ4v) is 8.61. The van der Waals surface area contributed by atoms with Crippen LogP contribution in [0.15, 0.2) is 36.9 Å². The van der Waals surface area contributed by atoms with Crippen molar-refractivity contribution in [2.24, 2.45) is 5.41 Å². The van der Waals surface area contributed by atoms with Crippen LogP contribution in [0.25, 0.3) is 17.2 Å². The van der Waals surface area contributed by atoms with Crippen LogP contribution < -0.4 is 16.4 Å². The monoisotopic (exact) mass is 929 g/mol. The molecule has 2 amide bonds. The highest BCUT2D eigenvalue weighted by atomic mass is 32.2. The first kappa shape index (κ1) is 48.8. The number of aliphatic hydroxyl groups is 2. The van der Waals surface area contributed by atoms with Crippen LogP contribution in [0.5, 0.6) is 11.5 Å². The topological polar surface area (TPSA) is 404 Å². The van der Waals surface area contributed by atoms with E-state index >= 15 is 0 Å². The summed E-state index contributed by atoms with van der Waals surface area (Å²) in [6, 6.07) is 3.81. The van der Waals surface area contributed by atoms with Crippen molar-refractivity contribution in [1.82, 2.24) is 30.2 Å². The number of nitrogen functional groups attached to an aromatic ring is 1. The van der Waals surface area contributed by atoms with Crippen molar-refractivity contribution in [2.75, 3.05) is 37.8 Å². The number of carbonyl (C=O) groups excluding carboxylic acids is 3. The molecule has 0 bridgehead atoms. The summed E-state index contributed by atoms with van der Waals surface area (Å²) in [7, 11) is -16.5. The molecule has 60 heavy (non-hydrogen) atoms. The van der Waals surface area contributed by atoms with Gasteiger partial charge in [0.2, 0.25) is 16.9 Å². The second-order valence-corrected chi connectivity index (χ2v) is 18.7. The van der Waals surface area contributed by atoms with Gasteiger partial charge in [-0.25, -0.2) is 28.6 Å². The third-order valence-electron chi connectivity index (χ3n) is 8.08. The Bertz CT molecular complexity index is 2190. The average molecular weight is 930 g/mol. The first-order valence-corrected chi connectivity index (χ1v) is 22.6. The Kier molecular flexibility index (Phi) is 16.5. The van der Waals surface area contributed by atoms with Crippen LogP contribution in [0.1, 0.15) is 32.1 Å². The molecular formula is C30H42N7O19P3S. The molecule has 1 aliphatic rings. The van der Waals surface area contributed by atoms with Crippen molar-refractivity contribution in [3.63, 3.8) is 0 Å². The van der Waals surface area contributed by atoms with E-state index in [0.29, 0.717) is 5.56 Å². The SMILES string of the molecule is CC(C)(COP(=O)(O)OP(=O)(O)OC[C@H]1O[C@@H](n2cnc3c(N)ncnc32)[C@H](O)[C@@H]1OP(=O)(O)O)[C@@H](O)C(=O)NCCC(=O)NCCSC(=O)/C=C/c1cc(O)cc(O)c1. The van der Waals surface area contributed by atoms with E-state index in [9.17, 15) is 68.1 Å². The molecule has 0 aliphatic carbocycles. The van der Waals surface area contributed by atoms with Gasteiger partial charge >= 0.3 is 23.5 Å². The minimum atomic E-state index is -5.59. The smallest absolute Gasteiger partial charge is 0.481 e. The molecule has 1 saturated heterocycles. The lowest BCUT2D eigenvalue weighted by Crippen LogP contribution is -2.46. The van der Waals surface area contributed by atoms with Crippen molar-refractivity contribution in [1.29, 1.82) is 0 Å². The number of ether oxygens (including phenoxy) is 1. The normalized spacial score (nSPS) is 21.1. The van der Waals surface area contributed by atoms with Crippen molar-refractivity contribution in [3.8, 4) is 11.5 Å². The van der Waals surface area contributed by atoms with E-state index in [2.05, 4.69) is 34.4 Å². The van der Waals surface area contributed by atoms with Gasteiger partial charge in [-0.05, 0) is 23.8 Å². The second-order valence-electron chi connectivity index (χ2n) is 13.4. The number of benzene rings is 1. The summed E-state index contributed by atoms with van der Waals surface area (Å²) >= 11 is 0.886. The Morgan fingerprint density at radius 1 is 1.02 bits per heavy atom. The third kappa shape index (κ3) is 14.4. The van der Waals surface area contributed by atoms with Gasteiger partial charge in [0.05, 0.1) is 19.5 Å². The minimum absolute atomic E-state index is 0.0196. The van der Waals surface area contributed by atoms with Crippen LogP contribution in [0.2, 0.25) is 0 Å². The van der Waals surface area contributed by atoms with Crippen LogP contribution in [0.4, 0.5) is 5.82 Å². The van der Waals surface area contributed by atoms with Gasteiger partial charge in [0.15, 0.2) is 17.7 Å². The zero-order valence-electron chi connectivity index (χ0n) is 31.4. The number of aliphatic hydroxyl groups excluding tert-OH is 2. The Morgan fingerprint density at radius 3 is 2.35 bits per heavy atom. The molecular weight excluding hydrogens is 887 g/mol. The summed E-state index contributed by atoms with van der Waals surface area (Å²) < 4.78 is 62.1. The van der Waals surface area contributed by atoms with Gasteiger partial charge in [-0.3, -0.25) is 32.5 Å². The van der Waals surface area contributed by atoms with Crippen molar-refractivity contribution in [2.45, 2.75) is 50.9 Å². The number of phenols is 2. The molecule has 12 N–H and O–H groups in total. The zero-order chi connectivity index (χ0) is 44.6. The number of fused-ring (bicyclic) bond motifs is 1. The number of rotatable bonds is 21. The van der Waals surface area contributed by atoms with Crippen LogP contribution in [0.3, 0.4) is 0 Å². The largest absolute Gasteiger partial charge is 0.508 e. The number of anilines is 1. The Morgan fingerprint density at radius 2 is 1.68 bits per heavy atom. The molecule has 3 heterocycles. The number of hydrogen-bond acceptors (Lipinski definition) is 20. The molecule has 0 spiro atoms. The Hall–Kier alpha value is -3.88. The predicted octanol–water partition coefficient (Wildman–Crippen LogP) is -0.211. The number of thioether (sulfide) groups is 1. The number of aromatic nitrogens is 4. The average Bonchev–Trinajstić information content (AvgIpc) is 3.70. The highest BCUT2D eigenvalue weighted by molar-refractivity contribution is 8.14. The molecule has 0 radical (unpaired) electrons. The third-order valence-corrected chi connectivity index (χ3v) is 12.0. The maximum Gasteiger partial charge on any atom is 0.481 e. The lowest BCUT2D eigenvalue weighted by atomic mass is 9.87. The molecule has 332 valence electrons. The fraction of sp³-hybridized carbons (Fsp3) is 0.467. The lowest BCUT2D eigenvalue weighted by molar-refractivity contribution is -0.137. The van der Waals surface area contributed by atoms with E-state index in [1.165, 1.54) is 38.1 Å². The van der Waals surface area contributed by atoms with Crippen LogP contribution in [-0.4, -0.2) is 133 Å². The number of aromatic hydroxyl groups is 2. The summed E-state index contributed by atoms with van der Waals surface area (Å²) in [6.07, 6.45) is -4.48.